The largest absolute Gasteiger partial charge is 0.420 e. The van der Waals surface area contributed by atoms with Crippen LogP contribution in [-0.2, 0) is 4.74 Å². The van der Waals surface area contributed by atoms with Gasteiger partial charge >= 0.3 is 12.2 Å². The number of fused-ring (bicyclic) bond motifs is 1. The van der Waals surface area contributed by atoms with Crippen molar-refractivity contribution in [1.82, 2.24) is 14.3 Å². The number of likely N-dealkylation sites (tertiary alicyclic amines) is 1. The van der Waals surface area contributed by atoms with E-state index in [-0.39, 0.29) is 0 Å². The van der Waals surface area contributed by atoms with Gasteiger partial charge in [0, 0.05) is 31.3 Å². The number of alkyl halides is 3. The summed E-state index contributed by atoms with van der Waals surface area (Å²) in [5.41, 5.74) is -0.333. The van der Waals surface area contributed by atoms with Gasteiger partial charge in [0.2, 0.25) is 0 Å². The van der Waals surface area contributed by atoms with Crippen LogP contribution < -0.4 is 5.32 Å². The molecule has 2 aromatic rings. The minimum Gasteiger partial charge on any atom is -0.365 e. The van der Waals surface area contributed by atoms with Gasteiger partial charge in [-0.3, -0.25) is 0 Å². The molecule has 2 amide bonds. The number of amides is 2. The zero-order chi connectivity index (χ0) is 16.8. The normalized spacial score (nSPS) is 17.2. The van der Waals surface area contributed by atoms with Crippen LogP contribution in [0.1, 0.15) is 5.69 Å². The lowest BCUT2D eigenvalue weighted by molar-refractivity contribution is -0.303. The highest BCUT2D eigenvalue weighted by Crippen LogP contribution is 2.40. The van der Waals surface area contributed by atoms with Gasteiger partial charge in [-0.1, -0.05) is 0 Å². The van der Waals surface area contributed by atoms with Crippen molar-refractivity contribution in [3.05, 3.63) is 30.2 Å². The summed E-state index contributed by atoms with van der Waals surface area (Å²) < 4.78 is 45.1. The van der Waals surface area contributed by atoms with Gasteiger partial charge in [0.1, 0.15) is 5.65 Å². The van der Waals surface area contributed by atoms with E-state index in [1.54, 1.807) is 22.7 Å². The highest BCUT2D eigenvalue weighted by Gasteiger charge is 2.63. The van der Waals surface area contributed by atoms with Gasteiger partial charge in [-0.2, -0.15) is 13.2 Å². The molecule has 3 heterocycles. The van der Waals surface area contributed by atoms with E-state index in [1.807, 2.05) is 13.1 Å². The highest BCUT2D eigenvalue weighted by molar-refractivity contribution is 5.90. The lowest BCUT2D eigenvalue weighted by atomic mass is 9.93. The summed E-state index contributed by atoms with van der Waals surface area (Å²) in [6.07, 6.45) is -0.965. The number of nitrogens with one attached hydrogen (secondary N) is 1. The molecule has 1 saturated heterocycles. The monoisotopic (exact) mass is 328 g/mol. The molecule has 23 heavy (non-hydrogen) atoms. The Balaban J connectivity index is 1.68. The Hall–Kier alpha value is -2.29. The number of ether oxygens (including phenoxy) is 1. The topological polar surface area (TPSA) is 58.9 Å². The molecule has 3 rings (SSSR count). The number of urea groups is 1. The molecule has 0 aliphatic carbocycles. The molecule has 1 aliphatic heterocycles. The summed E-state index contributed by atoms with van der Waals surface area (Å²) in [6.45, 7) is 0.792. The van der Waals surface area contributed by atoms with Crippen molar-refractivity contribution in [2.24, 2.45) is 0 Å². The van der Waals surface area contributed by atoms with Crippen LogP contribution in [-0.4, -0.2) is 52.3 Å². The average Bonchev–Trinajstić information content (AvgIpc) is 2.75. The Labute approximate surface area is 129 Å². The number of imidazole rings is 1. The number of aromatic nitrogens is 2. The van der Waals surface area contributed by atoms with E-state index in [4.69, 9.17) is 0 Å². The molecule has 1 fully saturated rings. The SMILES string of the molecule is COC1(C(F)(F)F)CN(C(=O)Nc2ccn3cc(C)nc3c2)C1. The number of pyridine rings is 1. The maximum atomic E-state index is 12.9. The van der Waals surface area contributed by atoms with Crippen LogP contribution in [0.3, 0.4) is 0 Å². The third-order valence-corrected chi connectivity index (χ3v) is 3.92. The molecule has 124 valence electrons. The summed E-state index contributed by atoms with van der Waals surface area (Å²) in [5, 5.41) is 2.57. The fraction of sp³-hybridized carbons (Fsp3) is 0.429. The molecule has 6 nitrogen and oxygen atoms in total. The van der Waals surface area contributed by atoms with E-state index in [0.29, 0.717) is 11.3 Å². The number of carbonyl (C=O) groups excluding carboxylic acids is 1. The van der Waals surface area contributed by atoms with Crippen LogP contribution in [0.15, 0.2) is 24.5 Å². The summed E-state index contributed by atoms with van der Waals surface area (Å²) in [4.78, 5) is 17.3. The van der Waals surface area contributed by atoms with Crippen LogP contribution in [0, 0.1) is 6.92 Å². The fourth-order valence-electron chi connectivity index (χ4n) is 2.53. The highest BCUT2D eigenvalue weighted by atomic mass is 19.4. The Bertz CT molecular complexity index is 750. The molecule has 1 aliphatic rings. The van der Waals surface area contributed by atoms with Crippen molar-refractivity contribution in [2.75, 3.05) is 25.5 Å². The number of halogens is 3. The lowest BCUT2D eigenvalue weighted by Gasteiger charge is -2.49. The second-order valence-corrected chi connectivity index (χ2v) is 5.55. The Kier molecular flexibility index (Phi) is 3.47. The molecular formula is C14H15F3N4O2. The number of hydrogen-bond donors (Lipinski definition) is 1. The zero-order valence-corrected chi connectivity index (χ0v) is 12.5. The van der Waals surface area contributed by atoms with Gasteiger partial charge in [-0.25, -0.2) is 9.78 Å². The van der Waals surface area contributed by atoms with E-state index in [2.05, 4.69) is 15.0 Å². The number of hydrogen-bond acceptors (Lipinski definition) is 3. The van der Waals surface area contributed by atoms with Crippen LogP contribution in [0.2, 0.25) is 0 Å². The Morgan fingerprint density at radius 1 is 1.43 bits per heavy atom. The van der Waals surface area contributed by atoms with Gasteiger partial charge in [0.15, 0.2) is 5.60 Å². The van der Waals surface area contributed by atoms with Gasteiger partial charge in [-0.15, -0.1) is 0 Å². The second kappa shape index (κ2) is 5.12. The Morgan fingerprint density at radius 2 is 2.13 bits per heavy atom. The first-order valence-electron chi connectivity index (χ1n) is 6.87. The Morgan fingerprint density at radius 3 is 2.74 bits per heavy atom. The first kappa shape index (κ1) is 15.6. The third kappa shape index (κ3) is 2.61. The molecule has 0 aromatic carbocycles. The van der Waals surface area contributed by atoms with E-state index in [9.17, 15) is 18.0 Å². The number of aryl methyl sites for hydroxylation is 1. The summed E-state index contributed by atoms with van der Waals surface area (Å²) >= 11 is 0. The maximum Gasteiger partial charge on any atom is 0.420 e. The molecule has 2 aromatic heterocycles. The van der Waals surface area contributed by atoms with Crippen LogP contribution >= 0.6 is 0 Å². The van der Waals surface area contributed by atoms with Gasteiger partial charge in [0.05, 0.1) is 18.8 Å². The second-order valence-electron chi connectivity index (χ2n) is 5.55. The molecule has 1 N–H and O–H groups in total. The molecule has 9 heteroatoms. The molecule has 0 saturated carbocycles. The minimum atomic E-state index is -4.51. The third-order valence-electron chi connectivity index (χ3n) is 3.92. The molecule has 0 spiro atoms. The standard InChI is InChI=1S/C14H15F3N4O2/c1-9-6-20-4-3-10(5-11(20)18-9)19-12(22)21-7-13(8-21,23-2)14(15,16)17/h3-6H,7-8H2,1-2H3,(H,19,22). The first-order chi connectivity index (χ1) is 10.7. The maximum absolute atomic E-state index is 12.9. The minimum absolute atomic E-state index is 0.468. The predicted octanol–water partition coefficient (Wildman–Crippen LogP) is 2.44. The van der Waals surface area contributed by atoms with Crippen molar-refractivity contribution >= 4 is 17.4 Å². The summed E-state index contributed by atoms with van der Waals surface area (Å²) in [6, 6.07) is 2.70. The number of anilines is 1. The average molecular weight is 328 g/mol. The lowest BCUT2D eigenvalue weighted by Crippen LogP contribution is -2.71. The number of carbonyl (C=O) groups is 1. The number of rotatable bonds is 2. The molecular weight excluding hydrogens is 313 g/mol. The summed E-state index contributed by atoms with van der Waals surface area (Å²) in [5.74, 6) is 0. The molecule has 0 atom stereocenters. The fourth-order valence-corrected chi connectivity index (χ4v) is 2.53. The van der Waals surface area contributed by atoms with Crippen molar-refractivity contribution in [3.8, 4) is 0 Å². The van der Waals surface area contributed by atoms with Crippen LogP contribution in [0.25, 0.3) is 5.65 Å². The summed E-state index contributed by atoms with van der Waals surface area (Å²) in [7, 11) is 0.997. The van der Waals surface area contributed by atoms with E-state index < -0.39 is 30.9 Å². The molecule has 0 radical (unpaired) electrons. The number of nitrogens with zero attached hydrogens (tertiary/aromatic N) is 3. The molecule has 0 unspecified atom stereocenters. The van der Waals surface area contributed by atoms with Crippen molar-refractivity contribution in [3.63, 3.8) is 0 Å². The van der Waals surface area contributed by atoms with Crippen molar-refractivity contribution < 1.29 is 22.7 Å². The van der Waals surface area contributed by atoms with E-state index >= 15 is 0 Å². The smallest absolute Gasteiger partial charge is 0.365 e. The van der Waals surface area contributed by atoms with E-state index in [1.165, 1.54) is 0 Å². The van der Waals surface area contributed by atoms with Crippen molar-refractivity contribution in [1.29, 1.82) is 0 Å². The predicted molar refractivity (Wildman–Crippen MR) is 76.3 cm³/mol. The number of methoxy groups -OCH3 is 1. The first-order valence-corrected chi connectivity index (χ1v) is 6.87. The van der Waals surface area contributed by atoms with Crippen LogP contribution in [0.5, 0.6) is 0 Å². The van der Waals surface area contributed by atoms with Gasteiger partial charge in [0.25, 0.3) is 0 Å². The quantitative estimate of drug-likeness (QED) is 0.921. The van der Waals surface area contributed by atoms with Gasteiger partial charge in [-0.05, 0) is 13.0 Å². The molecule has 0 bridgehead atoms. The van der Waals surface area contributed by atoms with Gasteiger partial charge < -0.3 is 19.4 Å². The van der Waals surface area contributed by atoms with Crippen LogP contribution in [0.4, 0.5) is 23.7 Å². The van der Waals surface area contributed by atoms with E-state index in [0.717, 1.165) is 17.7 Å². The van der Waals surface area contributed by atoms with Crippen molar-refractivity contribution in [2.45, 2.75) is 18.7 Å². The zero-order valence-electron chi connectivity index (χ0n) is 12.5.